The summed E-state index contributed by atoms with van der Waals surface area (Å²) in [6, 6.07) is 19.9. The molecule has 0 saturated carbocycles. The van der Waals surface area contributed by atoms with Gasteiger partial charge in [0.05, 0.1) is 11.1 Å². The SMILES string of the molecule is Cc1ccc(NC(=O)Cn2c(=O)cc(-c3nc(-c4ccccn4)no3)c3ccccc32)c(C)c1. The Morgan fingerprint density at radius 2 is 1.85 bits per heavy atom. The quantitative estimate of drug-likeness (QED) is 0.426. The third-order valence-electron chi connectivity index (χ3n) is 5.53. The molecule has 168 valence electrons. The van der Waals surface area contributed by atoms with E-state index < -0.39 is 0 Å². The minimum Gasteiger partial charge on any atom is -0.334 e. The molecule has 1 N–H and O–H groups in total. The summed E-state index contributed by atoms with van der Waals surface area (Å²) < 4.78 is 6.90. The highest BCUT2D eigenvalue weighted by atomic mass is 16.5. The molecule has 5 rings (SSSR count). The smallest absolute Gasteiger partial charge is 0.259 e. The lowest BCUT2D eigenvalue weighted by Crippen LogP contribution is -2.28. The molecule has 0 atom stereocenters. The zero-order valence-corrected chi connectivity index (χ0v) is 18.6. The molecule has 1 amide bonds. The number of hydrogen-bond donors (Lipinski definition) is 1. The van der Waals surface area contributed by atoms with Crippen LogP contribution in [0.2, 0.25) is 0 Å². The number of anilines is 1. The van der Waals surface area contributed by atoms with Gasteiger partial charge in [-0.3, -0.25) is 19.1 Å². The van der Waals surface area contributed by atoms with E-state index in [9.17, 15) is 9.59 Å². The Balaban J connectivity index is 1.50. The average molecular weight is 451 g/mol. The van der Waals surface area contributed by atoms with Crippen molar-refractivity contribution in [3.8, 4) is 23.0 Å². The average Bonchev–Trinajstić information content (AvgIpc) is 3.33. The molecule has 0 unspecified atom stereocenters. The van der Waals surface area contributed by atoms with Gasteiger partial charge in [-0.15, -0.1) is 0 Å². The number of hydrogen-bond acceptors (Lipinski definition) is 6. The van der Waals surface area contributed by atoms with Gasteiger partial charge in [0.25, 0.3) is 11.4 Å². The summed E-state index contributed by atoms with van der Waals surface area (Å²) in [4.78, 5) is 34.6. The minimum absolute atomic E-state index is 0.129. The van der Waals surface area contributed by atoms with Crippen LogP contribution in [0.25, 0.3) is 33.9 Å². The maximum Gasteiger partial charge on any atom is 0.259 e. The van der Waals surface area contributed by atoms with E-state index in [0.29, 0.717) is 22.6 Å². The van der Waals surface area contributed by atoms with Crippen LogP contribution in [0, 0.1) is 13.8 Å². The van der Waals surface area contributed by atoms with Crippen molar-refractivity contribution in [2.75, 3.05) is 5.32 Å². The number of para-hydroxylation sites is 1. The van der Waals surface area contributed by atoms with Crippen LogP contribution < -0.4 is 10.9 Å². The van der Waals surface area contributed by atoms with Gasteiger partial charge in [-0.05, 0) is 43.7 Å². The number of carbonyl (C=O) groups is 1. The zero-order chi connectivity index (χ0) is 23.7. The van der Waals surface area contributed by atoms with Crippen molar-refractivity contribution in [1.82, 2.24) is 19.7 Å². The lowest BCUT2D eigenvalue weighted by Gasteiger charge is -2.13. The van der Waals surface area contributed by atoms with Crippen LogP contribution >= 0.6 is 0 Å². The van der Waals surface area contributed by atoms with E-state index in [1.165, 1.54) is 10.6 Å². The molecule has 0 aliphatic heterocycles. The van der Waals surface area contributed by atoms with Crippen molar-refractivity contribution in [2.24, 2.45) is 0 Å². The van der Waals surface area contributed by atoms with Crippen LogP contribution in [0.5, 0.6) is 0 Å². The third-order valence-corrected chi connectivity index (χ3v) is 5.53. The van der Waals surface area contributed by atoms with E-state index in [1.807, 2.05) is 56.3 Å². The van der Waals surface area contributed by atoms with Crippen LogP contribution in [0.4, 0.5) is 5.69 Å². The van der Waals surface area contributed by atoms with Gasteiger partial charge < -0.3 is 9.84 Å². The fraction of sp³-hybridized carbons (Fsp3) is 0.115. The molecule has 0 spiro atoms. The Bertz CT molecular complexity index is 1570. The van der Waals surface area contributed by atoms with E-state index >= 15 is 0 Å². The summed E-state index contributed by atoms with van der Waals surface area (Å²) >= 11 is 0. The Hall–Kier alpha value is -4.59. The summed E-state index contributed by atoms with van der Waals surface area (Å²) in [6.07, 6.45) is 1.64. The molecule has 0 aliphatic carbocycles. The lowest BCUT2D eigenvalue weighted by molar-refractivity contribution is -0.116. The second-order valence-corrected chi connectivity index (χ2v) is 8.00. The maximum absolute atomic E-state index is 13.1. The van der Waals surface area contributed by atoms with Gasteiger partial charge in [0.2, 0.25) is 11.7 Å². The first-order valence-electron chi connectivity index (χ1n) is 10.7. The number of pyridine rings is 2. The van der Waals surface area contributed by atoms with Crippen LogP contribution in [0.15, 0.2) is 82.2 Å². The van der Waals surface area contributed by atoms with Gasteiger partial charge in [0, 0.05) is 23.3 Å². The number of amides is 1. The molecule has 8 nitrogen and oxygen atoms in total. The second-order valence-electron chi connectivity index (χ2n) is 8.00. The maximum atomic E-state index is 13.1. The molecule has 34 heavy (non-hydrogen) atoms. The van der Waals surface area contributed by atoms with Crippen molar-refractivity contribution in [1.29, 1.82) is 0 Å². The first-order chi connectivity index (χ1) is 16.5. The summed E-state index contributed by atoms with van der Waals surface area (Å²) in [5, 5.41) is 7.63. The van der Waals surface area contributed by atoms with Crippen molar-refractivity contribution in [3.05, 3.63) is 94.4 Å². The molecule has 2 aromatic carbocycles. The Labute approximate surface area is 194 Å². The van der Waals surface area contributed by atoms with Gasteiger partial charge in [-0.25, -0.2) is 0 Å². The summed E-state index contributed by atoms with van der Waals surface area (Å²) in [7, 11) is 0. The Morgan fingerprint density at radius 3 is 2.65 bits per heavy atom. The van der Waals surface area contributed by atoms with Gasteiger partial charge in [-0.1, -0.05) is 47.1 Å². The fourth-order valence-corrected chi connectivity index (χ4v) is 3.89. The number of carbonyl (C=O) groups excluding carboxylic acids is 1. The number of aryl methyl sites for hydroxylation is 2. The number of aromatic nitrogens is 4. The topological polar surface area (TPSA) is 103 Å². The van der Waals surface area contributed by atoms with E-state index in [0.717, 1.165) is 22.2 Å². The minimum atomic E-state index is -0.345. The predicted molar refractivity (Wildman–Crippen MR) is 129 cm³/mol. The number of nitrogens with zero attached hydrogens (tertiary/aromatic N) is 4. The van der Waals surface area contributed by atoms with E-state index in [2.05, 4.69) is 20.4 Å². The van der Waals surface area contributed by atoms with Gasteiger partial charge >= 0.3 is 0 Å². The first kappa shape index (κ1) is 21.3. The molecule has 0 fully saturated rings. The number of fused-ring (bicyclic) bond motifs is 1. The largest absolute Gasteiger partial charge is 0.334 e. The molecule has 0 radical (unpaired) electrons. The van der Waals surface area contributed by atoms with Crippen LogP contribution in [0.1, 0.15) is 11.1 Å². The second kappa shape index (κ2) is 8.74. The summed E-state index contributed by atoms with van der Waals surface area (Å²) in [6.45, 7) is 3.80. The molecule has 0 aliphatic rings. The highest BCUT2D eigenvalue weighted by Crippen LogP contribution is 2.27. The van der Waals surface area contributed by atoms with Crippen molar-refractivity contribution in [2.45, 2.75) is 20.4 Å². The number of rotatable bonds is 5. The van der Waals surface area contributed by atoms with E-state index in [4.69, 9.17) is 4.52 Å². The van der Waals surface area contributed by atoms with Crippen LogP contribution in [-0.4, -0.2) is 25.6 Å². The predicted octanol–water partition coefficient (Wildman–Crippen LogP) is 4.37. The van der Waals surface area contributed by atoms with Crippen LogP contribution in [-0.2, 0) is 11.3 Å². The monoisotopic (exact) mass is 451 g/mol. The van der Waals surface area contributed by atoms with Crippen molar-refractivity contribution in [3.63, 3.8) is 0 Å². The van der Waals surface area contributed by atoms with Gasteiger partial charge in [0.1, 0.15) is 12.2 Å². The lowest BCUT2D eigenvalue weighted by atomic mass is 10.1. The van der Waals surface area contributed by atoms with Crippen molar-refractivity contribution >= 4 is 22.5 Å². The molecule has 0 saturated heterocycles. The molecule has 0 bridgehead atoms. The molecule has 3 aromatic heterocycles. The molecular formula is C26H21N5O3. The van der Waals surface area contributed by atoms with Gasteiger partial charge in [0.15, 0.2) is 0 Å². The molecule has 5 aromatic rings. The standard InChI is InChI=1S/C26H21N5O3/c1-16-10-11-20(17(2)13-16)28-23(32)15-31-22-9-4-3-7-18(22)19(14-24(31)33)26-29-25(30-34-26)21-8-5-6-12-27-21/h3-14H,15H2,1-2H3,(H,28,32). The van der Waals surface area contributed by atoms with E-state index in [-0.39, 0.29) is 23.9 Å². The van der Waals surface area contributed by atoms with Crippen LogP contribution in [0.3, 0.4) is 0 Å². The molecule has 3 heterocycles. The number of benzene rings is 2. The van der Waals surface area contributed by atoms with Crippen molar-refractivity contribution < 1.29 is 9.32 Å². The summed E-state index contributed by atoms with van der Waals surface area (Å²) in [5.74, 6) is 0.250. The third kappa shape index (κ3) is 4.09. The zero-order valence-electron chi connectivity index (χ0n) is 18.6. The summed E-state index contributed by atoms with van der Waals surface area (Å²) in [5.41, 5.74) is 4.11. The highest BCUT2D eigenvalue weighted by Gasteiger charge is 2.18. The number of nitrogens with one attached hydrogen (secondary N) is 1. The molecule has 8 heteroatoms. The fourth-order valence-electron chi connectivity index (χ4n) is 3.89. The molecular weight excluding hydrogens is 430 g/mol. The Morgan fingerprint density at radius 1 is 1.03 bits per heavy atom. The Kier molecular flexibility index (Phi) is 5.47. The highest BCUT2D eigenvalue weighted by molar-refractivity contribution is 5.95. The first-order valence-corrected chi connectivity index (χ1v) is 10.7. The van der Waals surface area contributed by atoms with Gasteiger partial charge in [-0.2, -0.15) is 4.98 Å². The van der Waals surface area contributed by atoms with E-state index in [1.54, 1.807) is 24.4 Å². The normalized spacial score (nSPS) is 11.0.